The highest BCUT2D eigenvalue weighted by Gasteiger charge is 2.62. The lowest BCUT2D eigenvalue weighted by molar-refractivity contribution is -0.155. The summed E-state index contributed by atoms with van der Waals surface area (Å²) in [5.41, 5.74) is 3.75. The quantitative estimate of drug-likeness (QED) is 0.393. The average molecular weight is 447 g/mol. The maximum Gasteiger partial charge on any atom is 0.317 e. The highest BCUT2D eigenvalue weighted by molar-refractivity contribution is 5.81. The van der Waals surface area contributed by atoms with Crippen molar-refractivity contribution in [1.82, 2.24) is 0 Å². The number of benzene rings is 1. The summed E-state index contributed by atoms with van der Waals surface area (Å²) in [6.07, 6.45) is 9.65. The van der Waals surface area contributed by atoms with E-state index >= 15 is 0 Å². The van der Waals surface area contributed by atoms with Crippen LogP contribution in [0, 0.1) is 34.0 Å². The molecule has 0 amide bonds. The third-order valence-corrected chi connectivity index (χ3v) is 10.6. The molecule has 7 atom stereocenters. The number of carbonyl (C=O) groups is 1. The second kappa shape index (κ2) is 7.07. The molecule has 2 saturated carbocycles. The Labute approximate surface area is 198 Å². The van der Waals surface area contributed by atoms with Gasteiger partial charge in [0, 0.05) is 11.3 Å². The zero-order valence-corrected chi connectivity index (χ0v) is 20.6. The van der Waals surface area contributed by atoms with Gasteiger partial charge >= 0.3 is 5.97 Å². The minimum absolute atomic E-state index is 0.0500. The molecule has 1 aromatic carbocycles. The van der Waals surface area contributed by atoms with E-state index in [1.807, 2.05) is 0 Å². The molecule has 0 saturated heterocycles. The molecular formula is C30H38O3. The molecule has 5 aliphatic rings. The first kappa shape index (κ1) is 21.6. The van der Waals surface area contributed by atoms with E-state index < -0.39 is 5.41 Å². The molecule has 1 heterocycles. The summed E-state index contributed by atoms with van der Waals surface area (Å²) in [4.78, 5) is 13.3. The van der Waals surface area contributed by atoms with Crippen LogP contribution in [0.1, 0.15) is 84.1 Å². The summed E-state index contributed by atoms with van der Waals surface area (Å²) in [5, 5.41) is 10.3. The molecule has 1 aliphatic heterocycles. The van der Waals surface area contributed by atoms with Crippen LogP contribution in [-0.2, 0) is 9.53 Å². The number of fused-ring (bicyclic) bond motifs is 6. The third-order valence-electron chi connectivity index (χ3n) is 10.6. The van der Waals surface area contributed by atoms with E-state index in [1.54, 1.807) is 0 Å². The molecule has 6 rings (SSSR count). The molecule has 3 nitrogen and oxygen atoms in total. The smallest absolute Gasteiger partial charge is 0.317 e. The minimum atomic E-state index is -0.561. The molecule has 0 bridgehead atoms. The SMILES string of the molecule is CC1(C)C(=O)OC2=C(C[C@@H]3[C@@H]4CC=C5C[C@@H](O)CC[C@]5(C)[C@@H]4CC[C@@]23C)[C@H]1c1ccccc1. The van der Waals surface area contributed by atoms with Gasteiger partial charge in [0.05, 0.1) is 11.5 Å². The van der Waals surface area contributed by atoms with Gasteiger partial charge in [-0.15, -0.1) is 0 Å². The van der Waals surface area contributed by atoms with Crippen molar-refractivity contribution < 1.29 is 14.6 Å². The second-order valence-corrected chi connectivity index (χ2v) is 12.6. The van der Waals surface area contributed by atoms with Crippen molar-refractivity contribution in [2.24, 2.45) is 34.0 Å². The summed E-state index contributed by atoms with van der Waals surface area (Å²) in [6, 6.07) is 10.6. The van der Waals surface area contributed by atoms with E-state index in [1.165, 1.54) is 23.1 Å². The zero-order valence-electron chi connectivity index (χ0n) is 20.6. The van der Waals surface area contributed by atoms with Gasteiger partial charge in [0.2, 0.25) is 0 Å². The van der Waals surface area contributed by atoms with Crippen molar-refractivity contribution in [3.63, 3.8) is 0 Å². The maximum absolute atomic E-state index is 13.3. The van der Waals surface area contributed by atoms with Crippen LogP contribution in [0.3, 0.4) is 0 Å². The first-order valence-electron chi connectivity index (χ1n) is 13.0. The van der Waals surface area contributed by atoms with E-state index in [9.17, 15) is 9.90 Å². The third kappa shape index (κ3) is 2.87. The summed E-state index contributed by atoms with van der Waals surface area (Å²) in [6.45, 7) is 8.99. The van der Waals surface area contributed by atoms with Crippen molar-refractivity contribution in [3.05, 3.63) is 58.9 Å². The molecule has 3 heteroatoms. The number of ether oxygens (including phenoxy) is 1. The van der Waals surface area contributed by atoms with Crippen LogP contribution < -0.4 is 0 Å². The Morgan fingerprint density at radius 3 is 2.42 bits per heavy atom. The molecule has 176 valence electrons. The van der Waals surface area contributed by atoms with Crippen LogP contribution in [0.25, 0.3) is 0 Å². The molecular weight excluding hydrogens is 408 g/mol. The highest BCUT2D eigenvalue weighted by atomic mass is 16.5. The highest BCUT2D eigenvalue weighted by Crippen LogP contribution is 2.69. The topological polar surface area (TPSA) is 46.5 Å². The Bertz CT molecular complexity index is 1050. The molecule has 0 unspecified atom stereocenters. The zero-order chi connectivity index (χ0) is 23.2. The normalized spacial score (nSPS) is 43.6. The van der Waals surface area contributed by atoms with E-state index in [-0.39, 0.29) is 28.8 Å². The summed E-state index contributed by atoms with van der Waals surface area (Å²) < 4.78 is 6.27. The second-order valence-electron chi connectivity index (χ2n) is 12.6. The minimum Gasteiger partial charge on any atom is -0.430 e. The van der Waals surface area contributed by atoms with Crippen molar-refractivity contribution in [3.8, 4) is 0 Å². The summed E-state index contributed by atoms with van der Waals surface area (Å²) >= 11 is 0. The van der Waals surface area contributed by atoms with Crippen LogP contribution in [0.4, 0.5) is 0 Å². The van der Waals surface area contributed by atoms with Gasteiger partial charge in [0.15, 0.2) is 0 Å². The van der Waals surface area contributed by atoms with Gasteiger partial charge in [-0.1, -0.05) is 55.8 Å². The molecule has 0 radical (unpaired) electrons. The number of hydrogen-bond acceptors (Lipinski definition) is 3. The first-order valence-corrected chi connectivity index (χ1v) is 13.0. The lowest BCUT2D eigenvalue weighted by atomic mass is 9.48. The van der Waals surface area contributed by atoms with E-state index in [2.05, 4.69) is 64.1 Å². The average Bonchev–Trinajstić information content (AvgIpc) is 3.07. The Balaban J connectivity index is 1.41. The predicted molar refractivity (Wildman–Crippen MR) is 129 cm³/mol. The van der Waals surface area contributed by atoms with Crippen LogP contribution >= 0.6 is 0 Å². The maximum atomic E-state index is 13.3. The van der Waals surface area contributed by atoms with Crippen molar-refractivity contribution in [2.45, 2.75) is 84.7 Å². The standard InChI is InChI=1S/C30H38O3/c1-28(2)25(18-8-6-5-7-9-18)22-17-24-21-11-10-19-16-20(31)12-14-29(19,3)23(21)13-15-30(24,4)26(22)33-27(28)32/h5-10,20-21,23-25,31H,11-17H2,1-4H3/t20-,21+,23+,24+,25+,29-,30+/m0/s1. The van der Waals surface area contributed by atoms with Crippen LogP contribution in [0.2, 0.25) is 0 Å². The van der Waals surface area contributed by atoms with Crippen molar-refractivity contribution >= 4 is 5.97 Å². The lowest BCUT2D eigenvalue weighted by Gasteiger charge is -2.57. The fourth-order valence-corrected chi connectivity index (χ4v) is 8.79. The van der Waals surface area contributed by atoms with Crippen molar-refractivity contribution in [1.29, 1.82) is 0 Å². The van der Waals surface area contributed by atoms with Gasteiger partial charge in [-0.25, -0.2) is 0 Å². The van der Waals surface area contributed by atoms with Crippen LogP contribution in [0.5, 0.6) is 0 Å². The fraction of sp³-hybridized carbons (Fsp3) is 0.633. The van der Waals surface area contributed by atoms with Crippen LogP contribution in [-0.4, -0.2) is 17.2 Å². The molecule has 1 N–H and O–H groups in total. The summed E-state index contributed by atoms with van der Waals surface area (Å²) in [7, 11) is 0. The van der Waals surface area contributed by atoms with E-state index in [0.29, 0.717) is 17.8 Å². The van der Waals surface area contributed by atoms with Gasteiger partial charge in [0.25, 0.3) is 0 Å². The number of aliphatic hydroxyl groups excluding tert-OH is 1. The van der Waals surface area contributed by atoms with Gasteiger partial charge in [-0.2, -0.15) is 0 Å². The molecule has 33 heavy (non-hydrogen) atoms. The van der Waals surface area contributed by atoms with Crippen molar-refractivity contribution in [2.75, 3.05) is 0 Å². The first-order chi connectivity index (χ1) is 15.7. The number of allylic oxidation sites excluding steroid dienone is 3. The Kier molecular flexibility index (Phi) is 4.64. The van der Waals surface area contributed by atoms with Gasteiger partial charge in [-0.05, 0) is 93.1 Å². The lowest BCUT2D eigenvalue weighted by Crippen LogP contribution is -2.50. The fourth-order valence-electron chi connectivity index (χ4n) is 8.79. The number of aliphatic hydroxyl groups is 1. The predicted octanol–water partition coefficient (Wildman–Crippen LogP) is 6.54. The van der Waals surface area contributed by atoms with Gasteiger partial charge in [0.1, 0.15) is 5.76 Å². The molecule has 1 aromatic rings. The van der Waals surface area contributed by atoms with E-state index in [4.69, 9.17) is 4.74 Å². The molecule has 0 aromatic heterocycles. The number of hydrogen-bond donors (Lipinski definition) is 1. The molecule has 4 aliphatic carbocycles. The number of esters is 1. The monoisotopic (exact) mass is 446 g/mol. The Morgan fingerprint density at radius 2 is 1.67 bits per heavy atom. The summed E-state index contributed by atoms with van der Waals surface area (Å²) in [5.74, 6) is 2.85. The Morgan fingerprint density at radius 1 is 0.939 bits per heavy atom. The Hall–Kier alpha value is -1.87. The number of carbonyl (C=O) groups excluding carboxylic acids is 1. The van der Waals surface area contributed by atoms with E-state index in [0.717, 1.165) is 44.3 Å². The molecule has 2 fully saturated rings. The number of rotatable bonds is 1. The van der Waals surface area contributed by atoms with Gasteiger partial charge < -0.3 is 9.84 Å². The van der Waals surface area contributed by atoms with Crippen LogP contribution in [0.15, 0.2) is 53.3 Å². The van der Waals surface area contributed by atoms with Gasteiger partial charge in [-0.3, -0.25) is 4.79 Å². The largest absolute Gasteiger partial charge is 0.430 e. The molecule has 0 spiro atoms.